The second kappa shape index (κ2) is 12.5. The topological polar surface area (TPSA) is 79.1 Å². The highest BCUT2D eigenvalue weighted by atomic mass is 35.5. The van der Waals surface area contributed by atoms with E-state index >= 15 is 0 Å². The van der Waals surface area contributed by atoms with Crippen molar-refractivity contribution in [3.05, 3.63) is 89.2 Å². The zero-order valence-corrected chi connectivity index (χ0v) is 27.4. The fraction of sp³-hybridized carbons (Fsp3) is 0.257. The molecular formula is C35H31ClF2N4O3S. The van der Waals surface area contributed by atoms with Crippen LogP contribution in [0.5, 0.6) is 0 Å². The maximum absolute atomic E-state index is 13.4. The number of aryl methyl sites for hydroxylation is 1. The van der Waals surface area contributed by atoms with E-state index in [-0.39, 0.29) is 6.61 Å². The van der Waals surface area contributed by atoms with Gasteiger partial charge in [0.25, 0.3) is 0 Å². The van der Waals surface area contributed by atoms with Crippen LogP contribution >= 0.6 is 22.9 Å². The van der Waals surface area contributed by atoms with Crippen LogP contribution in [-0.4, -0.2) is 37.9 Å². The lowest BCUT2D eigenvalue weighted by molar-refractivity contribution is -0.166. The summed E-state index contributed by atoms with van der Waals surface area (Å²) < 4.78 is 40.1. The fourth-order valence-electron chi connectivity index (χ4n) is 5.46. The number of halogens is 3. The Morgan fingerprint density at radius 2 is 1.76 bits per heavy atom. The van der Waals surface area contributed by atoms with Crippen LogP contribution in [0.15, 0.2) is 73.1 Å². The number of hydrogen-bond acceptors (Lipinski definition) is 7. The Bertz CT molecular complexity index is 2070. The molecule has 3 aromatic heterocycles. The average molecular weight is 661 g/mol. The van der Waals surface area contributed by atoms with E-state index in [1.54, 1.807) is 31.3 Å². The smallest absolute Gasteiger partial charge is 0.339 e. The summed E-state index contributed by atoms with van der Waals surface area (Å²) in [5.74, 6) is -0.463. The molecule has 6 rings (SSSR count). The molecule has 0 aliphatic rings. The molecule has 0 amide bonds. The van der Waals surface area contributed by atoms with Crippen LogP contribution in [0.2, 0.25) is 5.02 Å². The summed E-state index contributed by atoms with van der Waals surface area (Å²) in [5.41, 5.74) is 5.99. The number of aromatic nitrogens is 4. The van der Waals surface area contributed by atoms with Gasteiger partial charge in [-0.3, -0.25) is 4.98 Å². The normalized spacial score (nSPS) is 12.7. The molecule has 3 heterocycles. The number of rotatable bonds is 8. The van der Waals surface area contributed by atoms with Crippen LogP contribution in [0.3, 0.4) is 0 Å². The molecule has 46 heavy (non-hydrogen) atoms. The standard InChI is InChI=1S/C35H31ClF2N4O3S/c1-6-44-33(43)30(45-35(3,4)5)28-19(2)15-26-31(29(28)20-7-10-24(36)11-8-20)46-32(41-26)22-13-14-39-25(17-22)21-9-12-27-23(16-21)18-40-42(27)34(37)38/h7-18,30,34H,6H2,1-5H3/t30-/m0/s1. The monoisotopic (exact) mass is 660 g/mol. The number of ether oxygens (including phenoxy) is 2. The number of benzene rings is 3. The van der Waals surface area contributed by atoms with Crippen LogP contribution in [0.1, 0.15) is 51.5 Å². The van der Waals surface area contributed by atoms with E-state index in [0.29, 0.717) is 31.9 Å². The first-order chi connectivity index (χ1) is 21.9. The van der Waals surface area contributed by atoms with Crippen LogP contribution < -0.4 is 0 Å². The number of alkyl halides is 2. The molecule has 0 fully saturated rings. The van der Waals surface area contributed by atoms with Crippen molar-refractivity contribution >= 4 is 50.0 Å². The summed E-state index contributed by atoms with van der Waals surface area (Å²) in [7, 11) is 0. The number of carbonyl (C=O) groups is 1. The second-order valence-corrected chi connectivity index (χ2v) is 13.2. The highest BCUT2D eigenvalue weighted by Gasteiger charge is 2.33. The Morgan fingerprint density at radius 3 is 2.46 bits per heavy atom. The number of esters is 1. The van der Waals surface area contributed by atoms with Crippen molar-refractivity contribution in [3.8, 4) is 33.0 Å². The highest BCUT2D eigenvalue weighted by Crippen LogP contribution is 2.45. The minimum atomic E-state index is -2.72. The van der Waals surface area contributed by atoms with Crippen molar-refractivity contribution in [2.75, 3.05) is 6.61 Å². The van der Waals surface area contributed by atoms with Gasteiger partial charge in [0, 0.05) is 38.9 Å². The number of hydrogen-bond donors (Lipinski definition) is 0. The molecule has 1 atom stereocenters. The molecule has 0 N–H and O–H groups in total. The van der Waals surface area contributed by atoms with Crippen LogP contribution in [0, 0.1) is 6.92 Å². The average Bonchev–Trinajstić information content (AvgIpc) is 3.64. The van der Waals surface area contributed by atoms with E-state index in [1.165, 1.54) is 17.5 Å². The minimum absolute atomic E-state index is 0.219. The molecule has 0 radical (unpaired) electrons. The summed E-state index contributed by atoms with van der Waals surface area (Å²) in [6, 6.07) is 18.4. The quantitative estimate of drug-likeness (QED) is 0.151. The number of nitrogens with zero attached hydrogens (tertiary/aromatic N) is 4. The predicted molar refractivity (Wildman–Crippen MR) is 178 cm³/mol. The van der Waals surface area contributed by atoms with E-state index < -0.39 is 24.2 Å². The number of fused-ring (bicyclic) bond motifs is 2. The molecule has 0 unspecified atom stereocenters. The molecule has 0 spiro atoms. The van der Waals surface area contributed by atoms with Crippen molar-refractivity contribution in [3.63, 3.8) is 0 Å². The van der Waals surface area contributed by atoms with E-state index in [9.17, 15) is 13.6 Å². The lowest BCUT2D eigenvalue weighted by Gasteiger charge is -2.29. The fourth-order valence-corrected chi connectivity index (χ4v) is 6.71. The number of pyridine rings is 1. The molecule has 3 aromatic carbocycles. The predicted octanol–water partition coefficient (Wildman–Crippen LogP) is 9.82. The minimum Gasteiger partial charge on any atom is -0.464 e. The van der Waals surface area contributed by atoms with Crippen molar-refractivity contribution in [2.45, 2.75) is 52.9 Å². The van der Waals surface area contributed by atoms with Crippen molar-refractivity contribution in [1.82, 2.24) is 19.7 Å². The van der Waals surface area contributed by atoms with Crippen molar-refractivity contribution < 1.29 is 23.0 Å². The summed E-state index contributed by atoms with van der Waals surface area (Å²) in [5, 5.41) is 5.75. The molecule has 7 nitrogen and oxygen atoms in total. The molecule has 0 saturated carbocycles. The summed E-state index contributed by atoms with van der Waals surface area (Å²) in [4.78, 5) is 23.0. The maximum atomic E-state index is 13.4. The zero-order chi connectivity index (χ0) is 32.7. The number of thiazole rings is 1. The van der Waals surface area contributed by atoms with Gasteiger partial charge in [-0.2, -0.15) is 13.9 Å². The van der Waals surface area contributed by atoms with Crippen LogP contribution in [0.4, 0.5) is 8.78 Å². The van der Waals surface area contributed by atoms with Gasteiger partial charge >= 0.3 is 12.5 Å². The third kappa shape index (κ3) is 6.25. The maximum Gasteiger partial charge on any atom is 0.339 e. The summed E-state index contributed by atoms with van der Waals surface area (Å²) in [6.07, 6.45) is 2.15. The third-order valence-corrected chi connectivity index (χ3v) is 8.77. The molecule has 11 heteroatoms. The molecular weight excluding hydrogens is 630 g/mol. The molecule has 0 aliphatic carbocycles. The molecule has 0 bridgehead atoms. The largest absolute Gasteiger partial charge is 0.464 e. The van der Waals surface area contributed by atoms with Crippen LogP contribution in [-0.2, 0) is 14.3 Å². The number of carbonyl (C=O) groups excluding carboxylic acids is 1. The van der Waals surface area contributed by atoms with Gasteiger partial charge in [0.15, 0.2) is 6.10 Å². The Labute approximate surface area is 273 Å². The highest BCUT2D eigenvalue weighted by molar-refractivity contribution is 7.22. The summed E-state index contributed by atoms with van der Waals surface area (Å²) >= 11 is 7.77. The van der Waals surface area contributed by atoms with Gasteiger partial charge in [-0.25, -0.2) is 14.5 Å². The Hall–Kier alpha value is -4.25. The van der Waals surface area contributed by atoms with E-state index in [0.717, 1.165) is 43.0 Å². The molecule has 0 aliphatic heterocycles. The molecule has 0 saturated heterocycles. The lowest BCUT2D eigenvalue weighted by Crippen LogP contribution is -2.29. The van der Waals surface area contributed by atoms with Crippen molar-refractivity contribution in [1.29, 1.82) is 0 Å². The van der Waals surface area contributed by atoms with Gasteiger partial charge in [-0.1, -0.05) is 29.8 Å². The first-order valence-electron chi connectivity index (χ1n) is 14.7. The molecule has 236 valence electrons. The molecule has 6 aromatic rings. The Kier molecular flexibility index (Phi) is 8.62. The zero-order valence-electron chi connectivity index (χ0n) is 25.8. The van der Waals surface area contributed by atoms with E-state index in [1.807, 2.05) is 70.2 Å². The van der Waals surface area contributed by atoms with Gasteiger partial charge < -0.3 is 9.47 Å². The van der Waals surface area contributed by atoms with Crippen molar-refractivity contribution in [2.24, 2.45) is 0 Å². The summed E-state index contributed by atoms with van der Waals surface area (Å²) in [6.45, 7) is 6.93. The Morgan fingerprint density at radius 1 is 1.02 bits per heavy atom. The second-order valence-electron chi connectivity index (χ2n) is 11.8. The van der Waals surface area contributed by atoms with Gasteiger partial charge in [0.2, 0.25) is 0 Å². The Balaban J connectivity index is 1.51. The van der Waals surface area contributed by atoms with Gasteiger partial charge in [0.05, 0.1) is 39.8 Å². The van der Waals surface area contributed by atoms with Crippen LogP contribution in [0.25, 0.3) is 54.1 Å². The third-order valence-electron chi connectivity index (χ3n) is 7.38. The van der Waals surface area contributed by atoms with Gasteiger partial charge in [-0.15, -0.1) is 11.3 Å². The van der Waals surface area contributed by atoms with E-state index in [4.69, 9.17) is 26.1 Å². The SMILES string of the molecule is CCOC(=O)[C@@H](OC(C)(C)C)c1c(C)cc2nc(-c3ccnc(-c4ccc5c(cnn5C(F)F)c4)c3)sc2c1-c1ccc(Cl)cc1. The van der Waals surface area contributed by atoms with Gasteiger partial charge in [-0.05, 0) is 88.2 Å². The van der Waals surface area contributed by atoms with E-state index in [2.05, 4.69) is 10.1 Å². The van der Waals surface area contributed by atoms with Gasteiger partial charge in [0.1, 0.15) is 5.01 Å². The first-order valence-corrected chi connectivity index (χ1v) is 15.9. The first kappa shape index (κ1) is 31.7. The lowest BCUT2D eigenvalue weighted by atomic mass is 9.91.